The third kappa shape index (κ3) is 4.34. The molecule has 0 aliphatic rings. The van der Waals surface area contributed by atoms with Crippen LogP contribution in [0.1, 0.15) is 0 Å². The van der Waals surface area contributed by atoms with Crippen LogP contribution >= 0.6 is 0 Å². The molecule has 0 amide bonds. The molecule has 0 aliphatic heterocycles. The number of nitrogens with zero attached hydrogens (tertiary/aromatic N) is 2. The lowest BCUT2D eigenvalue weighted by Gasteiger charge is -1.93. The second-order valence-corrected chi connectivity index (χ2v) is 4.01. The summed E-state index contributed by atoms with van der Waals surface area (Å²) in [6.07, 6.45) is 2.88. The van der Waals surface area contributed by atoms with Gasteiger partial charge in [-0.2, -0.15) is 0 Å². The predicted molar refractivity (Wildman–Crippen MR) is 52.1 cm³/mol. The van der Waals surface area contributed by atoms with Crippen molar-refractivity contribution in [1.82, 2.24) is 10.4 Å². The molecule has 0 atom stereocenters. The van der Waals surface area contributed by atoms with Crippen molar-refractivity contribution in [3.8, 4) is 0 Å². The lowest BCUT2D eigenvalue weighted by atomic mass is 10.4. The van der Waals surface area contributed by atoms with Crippen molar-refractivity contribution in [2.75, 3.05) is 0 Å². The molecule has 1 heterocycles. The first-order chi connectivity index (χ1) is 7.11. The predicted octanol–water partition coefficient (Wildman–Crippen LogP) is 0.404. The van der Waals surface area contributed by atoms with E-state index in [-0.39, 0.29) is 4.90 Å². The first-order valence-electron chi connectivity index (χ1n) is 3.89. The molecule has 0 spiro atoms. The molecule has 0 fully saturated rings. The third-order valence-electron chi connectivity index (χ3n) is 1.35. The van der Waals surface area contributed by atoms with Crippen LogP contribution in [0.25, 0.3) is 0 Å². The highest BCUT2D eigenvalue weighted by Crippen LogP contribution is 2.02. The van der Waals surface area contributed by atoms with E-state index in [1.807, 2.05) is 0 Å². The summed E-state index contributed by atoms with van der Waals surface area (Å²) >= 11 is 0. The minimum absolute atomic E-state index is 0.148. The zero-order valence-corrected chi connectivity index (χ0v) is 8.46. The molecule has 0 aliphatic carbocycles. The van der Waals surface area contributed by atoms with Crippen LogP contribution in [-0.2, 0) is 10.0 Å². The van der Waals surface area contributed by atoms with Crippen molar-refractivity contribution >= 4 is 10.0 Å². The van der Waals surface area contributed by atoms with Gasteiger partial charge in [-0.15, -0.1) is 5.10 Å². The van der Waals surface area contributed by atoms with Gasteiger partial charge in [0.1, 0.15) is 6.26 Å². The highest BCUT2D eigenvalue weighted by Gasteiger charge is 2.03. The SMILES string of the molecule is NS(=O)(=O)c1ccccc1.c1conn1. The molecule has 0 bridgehead atoms. The molecule has 0 radical (unpaired) electrons. The number of sulfonamides is 1. The second-order valence-electron chi connectivity index (χ2n) is 2.45. The van der Waals surface area contributed by atoms with E-state index in [9.17, 15) is 8.42 Å². The van der Waals surface area contributed by atoms with Gasteiger partial charge in [-0.25, -0.2) is 13.6 Å². The number of primary sulfonamides is 1. The van der Waals surface area contributed by atoms with Crippen LogP contribution in [0.5, 0.6) is 0 Å². The van der Waals surface area contributed by atoms with Gasteiger partial charge in [-0.05, 0) is 12.1 Å². The number of aromatic nitrogens is 2. The van der Waals surface area contributed by atoms with E-state index in [2.05, 4.69) is 14.9 Å². The van der Waals surface area contributed by atoms with E-state index in [0.717, 1.165) is 0 Å². The maximum Gasteiger partial charge on any atom is 0.238 e. The standard InChI is InChI=1S/C6H7NO2S.C2H2N2O/c7-10(8,9)6-4-2-1-3-5-6;1-2-5-4-3-1/h1-5H,(H2,7,8,9);1-2H. The fraction of sp³-hybridized carbons (Fsp3) is 0. The number of benzene rings is 1. The summed E-state index contributed by atoms with van der Waals surface area (Å²) in [7, 11) is -3.50. The molecule has 7 heteroatoms. The fourth-order valence-corrected chi connectivity index (χ4v) is 1.28. The van der Waals surface area contributed by atoms with Crippen molar-refractivity contribution in [2.45, 2.75) is 4.90 Å². The molecule has 2 N–H and O–H groups in total. The maximum absolute atomic E-state index is 10.6. The Morgan fingerprint density at radius 3 is 2.13 bits per heavy atom. The molecule has 0 unspecified atom stereocenters. The van der Waals surface area contributed by atoms with Gasteiger partial charge in [0, 0.05) is 5.27 Å². The van der Waals surface area contributed by atoms with Gasteiger partial charge in [0.05, 0.1) is 11.1 Å². The quantitative estimate of drug-likeness (QED) is 0.760. The van der Waals surface area contributed by atoms with Crippen LogP contribution in [0.15, 0.2) is 52.2 Å². The van der Waals surface area contributed by atoms with Crippen LogP contribution in [0.2, 0.25) is 0 Å². The summed E-state index contributed by atoms with van der Waals surface area (Å²) in [5, 5.41) is 11.2. The molecular weight excluding hydrogens is 218 g/mol. The maximum atomic E-state index is 10.6. The Kier molecular flexibility index (Phi) is 3.95. The zero-order chi connectivity index (χ0) is 11.1. The molecule has 80 valence electrons. The Labute approximate surface area is 86.7 Å². The van der Waals surface area contributed by atoms with Crippen molar-refractivity contribution in [3.05, 3.63) is 42.8 Å². The minimum Gasteiger partial charge on any atom is -0.346 e. The van der Waals surface area contributed by atoms with Crippen LogP contribution in [0, 0.1) is 0 Å². The van der Waals surface area contributed by atoms with E-state index in [0.29, 0.717) is 0 Å². The lowest BCUT2D eigenvalue weighted by Crippen LogP contribution is -2.11. The molecule has 0 saturated heterocycles. The van der Waals surface area contributed by atoms with Gasteiger partial charge in [-0.3, -0.25) is 0 Å². The van der Waals surface area contributed by atoms with Crippen LogP contribution in [0.4, 0.5) is 0 Å². The van der Waals surface area contributed by atoms with Crippen molar-refractivity contribution < 1.29 is 12.9 Å². The second kappa shape index (κ2) is 5.23. The van der Waals surface area contributed by atoms with Gasteiger partial charge in [0.25, 0.3) is 0 Å². The van der Waals surface area contributed by atoms with Gasteiger partial charge in [0.15, 0.2) is 0 Å². The number of hydrogen-bond donors (Lipinski definition) is 1. The highest BCUT2D eigenvalue weighted by molar-refractivity contribution is 7.89. The topological polar surface area (TPSA) is 99.1 Å². The molecule has 6 nitrogen and oxygen atoms in total. The van der Waals surface area contributed by atoms with Crippen LogP contribution < -0.4 is 5.14 Å². The Hall–Kier alpha value is -1.73. The number of nitrogens with two attached hydrogens (primary N) is 1. The third-order valence-corrected chi connectivity index (χ3v) is 2.28. The van der Waals surface area contributed by atoms with E-state index in [1.165, 1.54) is 24.6 Å². The summed E-state index contributed by atoms with van der Waals surface area (Å²) in [5.41, 5.74) is 0. The average Bonchev–Trinajstić information content (AvgIpc) is 2.76. The molecule has 0 saturated carbocycles. The van der Waals surface area contributed by atoms with Gasteiger partial charge >= 0.3 is 0 Å². The van der Waals surface area contributed by atoms with Crippen LogP contribution in [-0.4, -0.2) is 18.8 Å². The summed E-state index contributed by atoms with van der Waals surface area (Å²) in [4.78, 5) is 0.148. The summed E-state index contributed by atoms with van der Waals surface area (Å²) in [5.74, 6) is 0. The van der Waals surface area contributed by atoms with Gasteiger partial charge in [-0.1, -0.05) is 18.2 Å². The minimum atomic E-state index is -3.50. The summed E-state index contributed by atoms with van der Waals surface area (Å²) < 4.78 is 25.4. The molecule has 2 aromatic rings. The van der Waals surface area contributed by atoms with E-state index in [4.69, 9.17) is 5.14 Å². The Morgan fingerprint density at radius 1 is 1.20 bits per heavy atom. The van der Waals surface area contributed by atoms with E-state index < -0.39 is 10.0 Å². The average molecular weight is 227 g/mol. The Morgan fingerprint density at radius 2 is 1.87 bits per heavy atom. The smallest absolute Gasteiger partial charge is 0.238 e. The largest absolute Gasteiger partial charge is 0.346 e. The molecule has 1 aromatic heterocycles. The fourth-order valence-electron chi connectivity index (χ4n) is 0.746. The van der Waals surface area contributed by atoms with Gasteiger partial charge in [0.2, 0.25) is 10.0 Å². The monoisotopic (exact) mass is 227 g/mol. The van der Waals surface area contributed by atoms with E-state index in [1.54, 1.807) is 18.2 Å². The Bertz CT molecular complexity index is 450. The lowest BCUT2D eigenvalue weighted by molar-refractivity contribution is 0.393. The molecule has 1 aromatic carbocycles. The first-order valence-corrected chi connectivity index (χ1v) is 5.44. The highest BCUT2D eigenvalue weighted by atomic mass is 32.2. The van der Waals surface area contributed by atoms with Gasteiger partial charge < -0.3 is 4.52 Å². The summed E-state index contributed by atoms with van der Waals surface area (Å²) in [6, 6.07) is 7.89. The molecule has 15 heavy (non-hydrogen) atoms. The van der Waals surface area contributed by atoms with Crippen molar-refractivity contribution in [3.63, 3.8) is 0 Å². The number of hydrogen-bond acceptors (Lipinski definition) is 5. The Balaban J connectivity index is 0.000000187. The molecular formula is C8H9N3O3S. The molecule has 2 rings (SSSR count). The number of rotatable bonds is 1. The first kappa shape index (κ1) is 11.3. The van der Waals surface area contributed by atoms with Crippen molar-refractivity contribution in [1.29, 1.82) is 0 Å². The zero-order valence-electron chi connectivity index (χ0n) is 7.65. The van der Waals surface area contributed by atoms with Crippen molar-refractivity contribution in [2.24, 2.45) is 5.14 Å². The van der Waals surface area contributed by atoms with Crippen LogP contribution in [0.3, 0.4) is 0 Å². The normalized spacial score (nSPS) is 10.2. The summed E-state index contributed by atoms with van der Waals surface area (Å²) in [6.45, 7) is 0. The van der Waals surface area contributed by atoms with E-state index >= 15 is 0 Å².